The maximum atomic E-state index is 11.5. The molecule has 10 rings (SSSR count). The predicted octanol–water partition coefficient (Wildman–Crippen LogP) is -2.63. The summed E-state index contributed by atoms with van der Waals surface area (Å²) < 4.78 is 9.53. The lowest BCUT2D eigenvalue weighted by Crippen LogP contribution is -2.40. The molecule has 0 saturated carbocycles. The molecule has 10 N–H and O–H groups in total. The highest BCUT2D eigenvalue weighted by Crippen LogP contribution is 2.15. The Morgan fingerprint density at radius 2 is 0.808 bits per heavy atom. The fourth-order valence-electron chi connectivity index (χ4n) is 4.95. The number of hydrogen-bond acceptors (Lipinski definition) is 33. The highest BCUT2D eigenvalue weighted by atomic mass is 16.5. The summed E-state index contributed by atoms with van der Waals surface area (Å²) in [5.41, 5.74) is 9.99. The van der Waals surface area contributed by atoms with Crippen LogP contribution in [-0.4, -0.2) is 133 Å². The fraction of sp³-hybridized carbons (Fsp3) is 0.0476. The zero-order chi connectivity index (χ0) is 56.1. The van der Waals surface area contributed by atoms with Gasteiger partial charge >= 0.3 is 0 Å². The normalized spacial score (nSPS) is 11.2. The number of hydrazone groups is 4. The molecule has 36 nitrogen and oxygen atoms in total. The van der Waals surface area contributed by atoms with Gasteiger partial charge in [0.15, 0.2) is 80.5 Å². The zero-order valence-electron chi connectivity index (χ0n) is 39.5. The molecule has 388 valence electrons. The second kappa shape index (κ2) is 29.3. The van der Waals surface area contributed by atoms with Gasteiger partial charge in [-0.2, -0.15) is 41.5 Å². The van der Waals surface area contributed by atoms with Crippen molar-refractivity contribution < 1.29 is 24.8 Å². The molecule has 0 radical (unpaired) electrons. The Kier molecular flexibility index (Phi) is 20.9. The number of hydrogen-bond donors (Lipinski definition) is 10. The summed E-state index contributed by atoms with van der Waals surface area (Å²) in [6, 6.07) is 7.05. The number of ether oxygens (including phenoxy) is 2. The highest BCUT2D eigenvalue weighted by molar-refractivity contribution is 6.06. The van der Waals surface area contributed by atoms with Gasteiger partial charge in [-0.15, -0.1) is 0 Å². The summed E-state index contributed by atoms with van der Waals surface area (Å²) in [5, 5.41) is 77.0. The molecule has 0 bridgehead atoms. The minimum Gasteiger partial charge on any atom is -0.504 e. The molecule has 36 heteroatoms. The Balaban J connectivity index is 0.000000180. The van der Waals surface area contributed by atoms with Gasteiger partial charge in [0, 0.05) is 49.6 Å². The summed E-state index contributed by atoms with van der Waals surface area (Å²) >= 11 is 0. The van der Waals surface area contributed by atoms with Crippen molar-refractivity contribution in [1.82, 2.24) is 101 Å². The SMILES string of the molecule is COc1cncnc1C#N.COc1nccnc1C#N.N#Cc1ncc[nH]c1=O.N#Cc1ncncc1O.O=c1[nH]ccnc1C1=NNC(c2ncc[nH]c2=O)=NN1.Oc1cncnc1C1=NNC(c2ncncc2O)=NN1. The van der Waals surface area contributed by atoms with Gasteiger partial charge in [-0.3, -0.25) is 36.1 Å². The standard InChI is InChI=1S/2C10H8N8O2.2C6H5N3O.2C5H3N3O/c19-5-1-11-3-13-7(5)9-15-17-10(18-16-9)8-6(20)2-12-4-14-8;19-9-5(11-1-3-13-9)7-15-17-8(18-16-7)6-10(20)14-4-2-12-6;1-10-6-3-8-4-9-5(6)2-7;1-10-6-5(4-7)8-2-3-9-6;6-1-4-5(9)2-7-3-8-4;6-3-4-5(9)8-2-1-7-4/h1-4,19-20H,(H,15,16)(H,17,18);1-4H,(H,13,19)(H,14,20)(H,15,16)(H,17,18);3-4H,1H3;2-3H,1H3;2-3,9H;1-2H,(H,8,9). The smallest absolute Gasteiger partial charge is 0.284 e. The van der Waals surface area contributed by atoms with E-state index < -0.39 is 16.7 Å². The molecule has 0 spiro atoms. The second-order valence-electron chi connectivity index (χ2n) is 13.2. The summed E-state index contributed by atoms with van der Waals surface area (Å²) in [6.45, 7) is 0. The summed E-state index contributed by atoms with van der Waals surface area (Å²) in [4.78, 5) is 89.0. The first kappa shape index (κ1) is 55.8. The zero-order valence-corrected chi connectivity index (χ0v) is 39.5. The van der Waals surface area contributed by atoms with E-state index in [1.54, 1.807) is 12.1 Å². The van der Waals surface area contributed by atoms with Crippen molar-refractivity contribution in [1.29, 1.82) is 21.0 Å². The Morgan fingerprint density at radius 1 is 0.410 bits per heavy atom. The van der Waals surface area contributed by atoms with E-state index in [4.69, 9.17) is 35.6 Å². The van der Waals surface area contributed by atoms with Crippen LogP contribution in [0.1, 0.15) is 45.6 Å². The van der Waals surface area contributed by atoms with Crippen molar-refractivity contribution >= 4 is 23.3 Å². The molecule has 0 amide bonds. The van der Waals surface area contributed by atoms with Crippen LogP contribution in [0.25, 0.3) is 0 Å². The van der Waals surface area contributed by atoms with Gasteiger partial charge in [-0.05, 0) is 0 Å². The Hall–Kier alpha value is -13.1. The topological polar surface area (TPSA) is 538 Å². The summed E-state index contributed by atoms with van der Waals surface area (Å²) in [7, 11) is 2.92. The Labute approximate surface area is 433 Å². The number of nitrogens with zero attached hydrogens (tertiary/aromatic N) is 21. The third-order valence-electron chi connectivity index (χ3n) is 8.37. The van der Waals surface area contributed by atoms with E-state index >= 15 is 0 Å². The first-order valence-corrected chi connectivity index (χ1v) is 20.7. The van der Waals surface area contributed by atoms with Crippen LogP contribution in [0.3, 0.4) is 0 Å². The van der Waals surface area contributed by atoms with Crippen molar-refractivity contribution in [3.8, 4) is 53.2 Å². The third-order valence-corrected chi connectivity index (χ3v) is 8.37. The van der Waals surface area contributed by atoms with E-state index in [0.717, 1.165) is 0 Å². The molecule has 8 aromatic heterocycles. The average Bonchev–Trinajstić information content (AvgIpc) is 3.50. The number of H-pyrrole nitrogens is 3. The monoisotopic (exact) mass is 1060 g/mol. The van der Waals surface area contributed by atoms with Crippen LogP contribution < -0.4 is 47.9 Å². The largest absolute Gasteiger partial charge is 0.504 e. The molecular weight excluding hydrogens is 1020 g/mol. The molecule has 0 aliphatic carbocycles. The minimum atomic E-state index is -0.444. The molecule has 0 fully saturated rings. The Morgan fingerprint density at radius 3 is 1.17 bits per heavy atom. The molecule has 0 saturated heterocycles. The van der Waals surface area contributed by atoms with Crippen molar-refractivity contribution in [3.63, 3.8) is 0 Å². The molecule has 0 unspecified atom stereocenters. The van der Waals surface area contributed by atoms with Gasteiger partial charge in [0.2, 0.25) is 11.4 Å². The molecule has 8 aromatic rings. The predicted molar refractivity (Wildman–Crippen MR) is 260 cm³/mol. The number of methoxy groups -OCH3 is 2. The van der Waals surface area contributed by atoms with E-state index in [0.29, 0.717) is 5.75 Å². The first-order valence-electron chi connectivity index (χ1n) is 20.7. The molecule has 2 aliphatic rings. The lowest BCUT2D eigenvalue weighted by Gasteiger charge is -2.14. The maximum Gasteiger partial charge on any atom is 0.284 e. The lowest BCUT2D eigenvalue weighted by molar-refractivity contribution is 0.394. The van der Waals surface area contributed by atoms with Gasteiger partial charge in [0.05, 0.1) is 39.0 Å². The van der Waals surface area contributed by atoms with Crippen molar-refractivity contribution in [2.24, 2.45) is 20.4 Å². The first-order chi connectivity index (χ1) is 38.0. The van der Waals surface area contributed by atoms with Crippen molar-refractivity contribution in [2.75, 3.05) is 14.2 Å². The maximum absolute atomic E-state index is 11.5. The number of aromatic amines is 3. The number of amidine groups is 4. The van der Waals surface area contributed by atoms with Crippen LogP contribution >= 0.6 is 0 Å². The van der Waals surface area contributed by atoms with E-state index in [2.05, 4.69) is 122 Å². The molecular formula is C42H32N28O8. The molecule has 0 aromatic carbocycles. The third kappa shape index (κ3) is 15.9. The van der Waals surface area contributed by atoms with Crippen LogP contribution in [0.15, 0.2) is 134 Å². The molecule has 10 heterocycles. The van der Waals surface area contributed by atoms with Crippen LogP contribution in [0.2, 0.25) is 0 Å². The van der Waals surface area contributed by atoms with Gasteiger partial charge in [-0.25, -0.2) is 64.8 Å². The highest BCUT2D eigenvalue weighted by Gasteiger charge is 2.19. The van der Waals surface area contributed by atoms with Gasteiger partial charge in [0.25, 0.3) is 22.6 Å². The molecule has 2 aliphatic heterocycles. The quantitative estimate of drug-likeness (QED) is 0.0814. The van der Waals surface area contributed by atoms with E-state index in [9.17, 15) is 24.6 Å². The van der Waals surface area contributed by atoms with Crippen LogP contribution in [0.4, 0.5) is 0 Å². The van der Waals surface area contributed by atoms with Crippen LogP contribution in [0, 0.1) is 45.3 Å². The van der Waals surface area contributed by atoms with E-state index in [-0.39, 0.29) is 92.0 Å². The van der Waals surface area contributed by atoms with Gasteiger partial charge in [0.1, 0.15) is 49.6 Å². The Bertz CT molecular complexity index is 3650. The average molecular weight is 1060 g/mol. The van der Waals surface area contributed by atoms with Crippen LogP contribution in [0.5, 0.6) is 28.9 Å². The lowest BCUT2D eigenvalue weighted by atomic mass is 10.3. The number of aromatic nitrogens is 16. The summed E-state index contributed by atoms with van der Waals surface area (Å²) in [6.07, 6.45) is 21.5. The van der Waals surface area contributed by atoms with Gasteiger partial charge < -0.3 is 39.7 Å². The van der Waals surface area contributed by atoms with Crippen molar-refractivity contribution in [3.05, 3.63) is 176 Å². The number of rotatable bonds is 6. The van der Waals surface area contributed by atoms with E-state index in [1.165, 1.54) is 114 Å². The number of nitriles is 4. The minimum absolute atomic E-state index is 0.00463. The molecule has 0 atom stereocenters. The van der Waals surface area contributed by atoms with Gasteiger partial charge in [-0.1, -0.05) is 0 Å². The van der Waals surface area contributed by atoms with Crippen molar-refractivity contribution in [2.45, 2.75) is 0 Å². The summed E-state index contributed by atoms with van der Waals surface area (Å²) in [5.74, 6) is 0.929. The fourth-order valence-corrected chi connectivity index (χ4v) is 4.95. The van der Waals surface area contributed by atoms with Crippen LogP contribution in [-0.2, 0) is 0 Å². The second-order valence-corrected chi connectivity index (χ2v) is 13.2. The number of aromatic hydroxyl groups is 3. The molecule has 78 heavy (non-hydrogen) atoms. The number of nitrogens with one attached hydrogen (secondary N) is 7. The van der Waals surface area contributed by atoms with E-state index in [1.807, 2.05) is 12.1 Å².